The van der Waals surface area contributed by atoms with Gasteiger partial charge >= 0.3 is 0 Å². The summed E-state index contributed by atoms with van der Waals surface area (Å²) in [5, 5.41) is 16.4. The van der Waals surface area contributed by atoms with Gasteiger partial charge in [0.2, 0.25) is 5.91 Å². The molecular formula is C17H19N3O5. The maximum atomic E-state index is 12.1. The van der Waals surface area contributed by atoms with Gasteiger partial charge in [0.1, 0.15) is 11.5 Å². The molecule has 2 rings (SSSR count). The van der Waals surface area contributed by atoms with Gasteiger partial charge in [0, 0.05) is 6.07 Å². The summed E-state index contributed by atoms with van der Waals surface area (Å²) in [6.07, 6.45) is 0. The molecule has 8 nitrogen and oxygen atoms in total. The lowest BCUT2D eigenvalue weighted by Crippen LogP contribution is -2.22. The molecule has 25 heavy (non-hydrogen) atoms. The highest BCUT2D eigenvalue weighted by Crippen LogP contribution is 2.29. The molecule has 2 aromatic carbocycles. The number of carbonyl (C=O) groups is 1. The first-order valence-electron chi connectivity index (χ1n) is 7.63. The molecule has 0 aliphatic carbocycles. The van der Waals surface area contributed by atoms with Crippen molar-refractivity contribution in [2.24, 2.45) is 0 Å². The van der Waals surface area contributed by atoms with E-state index in [1.165, 1.54) is 25.3 Å². The number of rotatable bonds is 8. The molecule has 0 unspecified atom stereocenters. The summed E-state index contributed by atoms with van der Waals surface area (Å²) in [5.41, 5.74) is 0.951. The fraction of sp³-hybridized carbons (Fsp3) is 0.235. The molecule has 132 valence electrons. The fourth-order valence-electron chi connectivity index (χ4n) is 2.16. The van der Waals surface area contributed by atoms with Crippen LogP contribution in [0.3, 0.4) is 0 Å². The lowest BCUT2D eigenvalue weighted by molar-refractivity contribution is -0.384. The summed E-state index contributed by atoms with van der Waals surface area (Å²) in [4.78, 5) is 22.4. The van der Waals surface area contributed by atoms with Gasteiger partial charge < -0.3 is 20.1 Å². The standard InChI is InChI=1S/C17H19N3O5/c1-3-25-15-7-5-4-6-13(15)18-11-17(21)19-14-9-8-12(20(22)23)10-16(14)24-2/h4-10,18H,3,11H2,1-2H3,(H,19,21). The highest BCUT2D eigenvalue weighted by atomic mass is 16.6. The Morgan fingerprint density at radius 3 is 2.60 bits per heavy atom. The fourth-order valence-corrected chi connectivity index (χ4v) is 2.16. The first-order valence-corrected chi connectivity index (χ1v) is 7.63. The first kappa shape index (κ1) is 18.1. The Balaban J connectivity index is 2.02. The molecule has 0 aliphatic heterocycles. The molecule has 0 fully saturated rings. The Morgan fingerprint density at radius 2 is 1.92 bits per heavy atom. The van der Waals surface area contributed by atoms with Gasteiger partial charge in [-0.15, -0.1) is 0 Å². The number of hydrogen-bond donors (Lipinski definition) is 2. The molecule has 0 saturated heterocycles. The largest absolute Gasteiger partial charge is 0.494 e. The van der Waals surface area contributed by atoms with Crippen LogP contribution in [0.15, 0.2) is 42.5 Å². The van der Waals surface area contributed by atoms with E-state index in [1.54, 1.807) is 0 Å². The predicted molar refractivity (Wildman–Crippen MR) is 94.4 cm³/mol. The van der Waals surface area contributed by atoms with Crippen molar-refractivity contribution in [2.45, 2.75) is 6.92 Å². The normalized spacial score (nSPS) is 10.0. The number of ether oxygens (including phenoxy) is 2. The summed E-state index contributed by atoms with van der Waals surface area (Å²) >= 11 is 0. The second-order valence-electron chi connectivity index (χ2n) is 4.97. The van der Waals surface area contributed by atoms with Crippen LogP contribution in [0.1, 0.15) is 6.92 Å². The molecule has 2 N–H and O–H groups in total. The smallest absolute Gasteiger partial charge is 0.273 e. The molecule has 8 heteroatoms. The number of methoxy groups -OCH3 is 1. The van der Waals surface area contributed by atoms with Crippen LogP contribution in [0.25, 0.3) is 0 Å². The van der Waals surface area contributed by atoms with E-state index < -0.39 is 4.92 Å². The van der Waals surface area contributed by atoms with Crippen LogP contribution < -0.4 is 20.1 Å². The van der Waals surface area contributed by atoms with Gasteiger partial charge in [-0.1, -0.05) is 12.1 Å². The van der Waals surface area contributed by atoms with Gasteiger partial charge in [-0.05, 0) is 25.1 Å². The number of amides is 1. The molecule has 0 spiro atoms. The maximum Gasteiger partial charge on any atom is 0.273 e. The van der Waals surface area contributed by atoms with Gasteiger partial charge in [0.25, 0.3) is 5.69 Å². The van der Waals surface area contributed by atoms with Crippen molar-refractivity contribution in [3.63, 3.8) is 0 Å². The molecule has 0 atom stereocenters. The van der Waals surface area contributed by atoms with Crippen LogP contribution in [-0.4, -0.2) is 31.1 Å². The number of non-ortho nitro benzene ring substituents is 1. The Kier molecular flexibility index (Phi) is 6.16. The van der Waals surface area contributed by atoms with Crippen LogP contribution in [0.5, 0.6) is 11.5 Å². The highest BCUT2D eigenvalue weighted by molar-refractivity contribution is 5.95. The summed E-state index contributed by atoms with van der Waals surface area (Å²) < 4.78 is 10.6. The number of nitro benzene ring substituents is 1. The average Bonchev–Trinajstić information content (AvgIpc) is 2.61. The Morgan fingerprint density at radius 1 is 1.16 bits per heavy atom. The van der Waals surface area contributed by atoms with Crippen LogP contribution in [0.4, 0.5) is 17.1 Å². The molecule has 0 heterocycles. The van der Waals surface area contributed by atoms with Crippen LogP contribution in [-0.2, 0) is 4.79 Å². The topological polar surface area (TPSA) is 103 Å². The van der Waals surface area contributed by atoms with Gasteiger partial charge in [-0.3, -0.25) is 14.9 Å². The van der Waals surface area contributed by atoms with Gasteiger partial charge in [0.15, 0.2) is 0 Å². The SMILES string of the molecule is CCOc1ccccc1NCC(=O)Nc1ccc([N+](=O)[O-])cc1OC. The number of hydrogen-bond acceptors (Lipinski definition) is 6. The number of para-hydroxylation sites is 2. The first-order chi connectivity index (χ1) is 12.0. The molecule has 0 radical (unpaired) electrons. The van der Waals surface area contributed by atoms with Crippen molar-refractivity contribution in [1.82, 2.24) is 0 Å². The Labute approximate surface area is 144 Å². The molecule has 0 aliphatic rings. The molecular weight excluding hydrogens is 326 g/mol. The van der Waals surface area contributed by atoms with Crippen LogP contribution in [0.2, 0.25) is 0 Å². The zero-order chi connectivity index (χ0) is 18.2. The van der Waals surface area contributed by atoms with Crippen molar-refractivity contribution < 1.29 is 19.2 Å². The molecule has 1 amide bonds. The Bertz CT molecular complexity index is 764. The van der Waals surface area contributed by atoms with Crippen LogP contribution >= 0.6 is 0 Å². The zero-order valence-corrected chi connectivity index (χ0v) is 13.9. The number of carbonyl (C=O) groups excluding carboxylic acids is 1. The summed E-state index contributed by atoms with van der Waals surface area (Å²) in [6, 6.07) is 11.3. The van der Waals surface area contributed by atoms with E-state index in [-0.39, 0.29) is 23.9 Å². The highest BCUT2D eigenvalue weighted by Gasteiger charge is 2.13. The minimum absolute atomic E-state index is 0.00420. The molecule has 0 saturated carbocycles. The third-order valence-corrected chi connectivity index (χ3v) is 3.30. The van der Waals surface area contributed by atoms with Crippen molar-refractivity contribution in [3.8, 4) is 11.5 Å². The third kappa shape index (κ3) is 4.84. The van der Waals surface area contributed by atoms with E-state index in [4.69, 9.17) is 9.47 Å². The van der Waals surface area contributed by atoms with Crippen molar-refractivity contribution in [2.75, 3.05) is 30.9 Å². The average molecular weight is 345 g/mol. The molecule has 0 aromatic heterocycles. The van der Waals surface area contributed by atoms with E-state index in [1.807, 2.05) is 31.2 Å². The van der Waals surface area contributed by atoms with Crippen molar-refractivity contribution in [3.05, 3.63) is 52.6 Å². The monoisotopic (exact) mass is 345 g/mol. The van der Waals surface area contributed by atoms with E-state index in [0.717, 1.165) is 0 Å². The van der Waals surface area contributed by atoms with E-state index >= 15 is 0 Å². The number of nitrogens with one attached hydrogen (secondary N) is 2. The third-order valence-electron chi connectivity index (χ3n) is 3.30. The minimum Gasteiger partial charge on any atom is -0.494 e. The zero-order valence-electron chi connectivity index (χ0n) is 13.9. The summed E-state index contributed by atoms with van der Waals surface area (Å²) in [5.74, 6) is 0.557. The van der Waals surface area contributed by atoms with Gasteiger partial charge in [-0.2, -0.15) is 0 Å². The van der Waals surface area contributed by atoms with Crippen molar-refractivity contribution in [1.29, 1.82) is 0 Å². The van der Waals surface area contributed by atoms with Gasteiger partial charge in [-0.25, -0.2) is 0 Å². The number of nitro groups is 1. The molecule has 0 bridgehead atoms. The molecule has 2 aromatic rings. The van der Waals surface area contributed by atoms with Crippen molar-refractivity contribution >= 4 is 23.0 Å². The van der Waals surface area contributed by atoms with E-state index in [2.05, 4.69) is 10.6 Å². The maximum absolute atomic E-state index is 12.1. The number of anilines is 2. The second-order valence-corrected chi connectivity index (χ2v) is 4.97. The summed E-state index contributed by atoms with van der Waals surface area (Å²) in [7, 11) is 1.38. The number of nitrogens with zero attached hydrogens (tertiary/aromatic N) is 1. The predicted octanol–water partition coefficient (Wildman–Crippen LogP) is 3.05. The lowest BCUT2D eigenvalue weighted by atomic mass is 10.2. The van der Waals surface area contributed by atoms with E-state index in [0.29, 0.717) is 23.7 Å². The van der Waals surface area contributed by atoms with Gasteiger partial charge in [0.05, 0.1) is 42.6 Å². The quantitative estimate of drug-likeness (QED) is 0.563. The van der Waals surface area contributed by atoms with E-state index in [9.17, 15) is 14.9 Å². The Hall–Kier alpha value is -3.29. The van der Waals surface area contributed by atoms with Crippen LogP contribution in [0, 0.1) is 10.1 Å². The minimum atomic E-state index is -0.527. The lowest BCUT2D eigenvalue weighted by Gasteiger charge is -2.13. The summed E-state index contributed by atoms with van der Waals surface area (Å²) in [6.45, 7) is 2.40. The number of benzene rings is 2. The second kappa shape index (κ2) is 8.53.